The molecule has 0 radical (unpaired) electrons. The highest BCUT2D eigenvalue weighted by Gasteiger charge is 2.11. The van der Waals surface area contributed by atoms with Crippen LogP contribution < -0.4 is 5.48 Å². The highest BCUT2D eigenvalue weighted by Crippen LogP contribution is 2.19. The summed E-state index contributed by atoms with van der Waals surface area (Å²) in [6.45, 7) is 2.47. The van der Waals surface area contributed by atoms with Crippen molar-refractivity contribution >= 4 is 22.9 Å². The molecule has 7 heteroatoms. The van der Waals surface area contributed by atoms with Gasteiger partial charge in [0.05, 0.1) is 6.33 Å². The molecule has 0 saturated carbocycles. The van der Waals surface area contributed by atoms with Gasteiger partial charge in [0.25, 0.3) is 5.91 Å². The molecule has 31 heavy (non-hydrogen) atoms. The van der Waals surface area contributed by atoms with Crippen molar-refractivity contribution in [2.75, 3.05) is 6.54 Å². The van der Waals surface area contributed by atoms with Crippen LogP contribution in [0.15, 0.2) is 73.3 Å². The number of benzene rings is 2. The molecule has 158 valence electrons. The zero-order valence-corrected chi connectivity index (χ0v) is 17.1. The largest absolute Gasteiger partial charge is 0.361 e. The second-order valence-electron chi connectivity index (χ2n) is 7.45. The molecule has 0 saturated heterocycles. The molecule has 0 aliphatic heterocycles. The number of hydroxylamine groups is 1. The van der Waals surface area contributed by atoms with Gasteiger partial charge in [-0.3, -0.25) is 14.9 Å². The number of hydrogen-bond donors (Lipinski definition) is 4. The summed E-state index contributed by atoms with van der Waals surface area (Å²) in [6.07, 6.45) is 9.56. The minimum absolute atomic E-state index is 0.549. The fraction of sp³-hybridized carbons (Fsp3) is 0.167. The van der Waals surface area contributed by atoms with Gasteiger partial charge in [-0.25, -0.2) is 10.5 Å². The highest BCUT2D eigenvalue weighted by molar-refractivity contribution is 5.90. The molecule has 1 amide bonds. The maximum absolute atomic E-state index is 11.1. The number of imidazole rings is 1. The lowest BCUT2D eigenvalue weighted by Crippen LogP contribution is -2.25. The van der Waals surface area contributed by atoms with Gasteiger partial charge in [0.1, 0.15) is 0 Å². The van der Waals surface area contributed by atoms with Crippen molar-refractivity contribution in [3.63, 3.8) is 0 Å². The average molecular weight is 415 g/mol. The molecule has 4 aromatic rings. The van der Waals surface area contributed by atoms with E-state index in [1.807, 2.05) is 24.4 Å². The lowest BCUT2D eigenvalue weighted by molar-refractivity contribution is -0.124. The molecule has 4 N–H and O–H groups in total. The second-order valence-corrected chi connectivity index (χ2v) is 7.45. The molecule has 7 nitrogen and oxygen atoms in total. The Morgan fingerprint density at radius 1 is 1.10 bits per heavy atom. The number of hydrogen-bond acceptors (Lipinski definition) is 4. The predicted molar refractivity (Wildman–Crippen MR) is 120 cm³/mol. The first-order chi connectivity index (χ1) is 15.2. The first-order valence-corrected chi connectivity index (χ1v) is 10.2. The second kappa shape index (κ2) is 9.88. The summed E-state index contributed by atoms with van der Waals surface area (Å²) in [5, 5.41) is 9.84. The minimum Gasteiger partial charge on any atom is -0.361 e. The first kappa shape index (κ1) is 20.6. The third-order valence-electron chi connectivity index (χ3n) is 5.24. The summed E-state index contributed by atoms with van der Waals surface area (Å²) < 4.78 is 0. The van der Waals surface area contributed by atoms with Gasteiger partial charge in [-0.05, 0) is 35.3 Å². The molecule has 2 heterocycles. The van der Waals surface area contributed by atoms with Crippen molar-refractivity contribution in [3.05, 3.63) is 95.7 Å². The van der Waals surface area contributed by atoms with Crippen LogP contribution >= 0.6 is 0 Å². The molecule has 2 aromatic heterocycles. The van der Waals surface area contributed by atoms with E-state index in [0.29, 0.717) is 0 Å². The molecule has 4 rings (SSSR count). The Balaban J connectivity index is 1.45. The van der Waals surface area contributed by atoms with Gasteiger partial charge in [-0.2, -0.15) is 0 Å². The van der Waals surface area contributed by atoms with E-state index in [1.165, 1.54) is 22.6 Å². The van der Waals surface area contributed by atoms with Crippen molar-refractivity contribution in [3.8, 4) is 0 Å². The van der Waals surface area contributed by atoms with Crippen LogP contribution in [-0.4, -0.2) is 37.5 Å². The standard InChI is InChI=1S/C24H25N5O2/c30-24(28-31)10-9-18-5-7-19(8-6-18)15-29(16-21-14-25-17-27-21)12-11-20-13-26-23-4-2-1-3-22(20)23/h1-10,13-14,17,26,31H,11-12,15-16H2,(H,25,27)(H,28,30). The molecule has 0 atom stereocenters. The zero-order valence-electron chi connectivity index (χ0n) is 17.1. The van der Waals surface area contributed by atoms with Gasteiger partial charge in [-0.1, -0.05) is 42.5 Å². The fourth-order valence-electron chi connectivity index (χ4n) is 3.64. The Kier molecular flexibility index (Phi) is 6.56. The van der Waals surface area contributed by atoms with Gasteiger partial charge >= 0.3 is 0 Å². The Morgan fingerprint density at radius 3 is 2.71 bits per heavy atom. The van der Waals surface area contributed by atoms with E-state index in [2.05, 4.69) is 56.4 Å². The summed E-state index contributed by atoms with van der Waals surface area (Å²) in [7, 11) is 0. The van der Waals surface area contributed by atoms with Crippen LogP contribution in [0.3, 0.4) is 0 Å². The number of aromatic nitrogens is 3. The molecular formula is C24H25N5O2. The summed E-state index contributed by atoms with van der Waals surface area (Å²) >= 11 is 0. The van der Waals surface area contributed by atoms with E-state index >= 15 is 0 Å². The number of fused-ring (bicyclic) bond motifs is 1. The number of H-pyrrole nitrogens is 2. The zero-order chi connectivity index (χ0) is 21.5. The van der Waals surface area contributed by atoms with E-state index in [9.17, 15) is 4.79 Å². The number of rotatable bonds is 9. The van der Waals surface area contributed by atoms with Crippen molar-refractivity contribution in [2.45, 2.75) is 19.5 Å². The lowest BCUT2D eigenvalue weighted by atomic mass is 10.1. The van der Waals surface area contributed by atoms with Gasteiger partial charge < -0.3 is 9.97 Å². The quantitative estimate of drug-likeness (QED) is 0.191. The molecule has 2 aromatic carbocycles. The van der Waals surface area contributed by atoms with E-state index in [1.54, 1.807) is 17.9 Å². The number of nitrogens with one attached hydrogen (secondary N) is 3. The van der Waals surface area contributed by atoms with Crippen LogP contribution in [0.25, 0.3) is 17.0 Å². The lowest BCUT2D eigenvalue weighted by Gasteiger charge is -2.22. The average Bonchev–Trinajstić information content (AvgIpc) is 3.46. The first-order valence-electron chi connectivity index (χ1n) is 10.2. The van der Waals surface area contributed by atoms with Crippen LogP contribution in [0.5, 0.6) is 0 Å². The van der Waals surface area contributed by atoms with E-state index < -0.39 is 5.91 Å². The third-order valence-corrected chi connectivity index (χ3v) is 5.24. The SMILES string of the molecule is O=C(C=Cc1ccc(CN(CCc2c[nH]c3ccccc23)Cc2cnc[nH]2)cc1)NO. The molecule has 0 fully saturated rings. The Labute approximate surface area is 180 Å². The van der Waals surface area contributed by atoms with Gasteiger partial charge in [0.15, 0.2) is 0 Å². The van der Waals surface area contributed by atoms with Crippen molar-refractivity contribution in [2.24, 2.45) is 0 Å². The fourth-order valence-corrected chi connectivity index (χ4v) is 3.64. The smallest absolute Gasteiger partial charge is 0.267 e. The number of para-hydroxylation sites is 1. The topological polar surface area (TPSA) is 97.0 Å². The van der Waals surface area contributed by atoms with Crippen molar-refractivity contribution in [1.82, 2.24) is 25.3 Å². The van der Waals surface area contributed by atoms with Crippen molar-refractivity contribution in [1.29, 1.82) is 0 Å². The molecule has 0 bridgehead atoms. The van der Waals surface area contributed by atoms with Crippen LogP contribution in [0.2, 0.25) is 0 Å². The Bertz CT molecular complexity index is 1150. The van der Waals surface area contributed by atoms with Gasteiger partial charge in [0, 0.05) is 54.7 Å². The van der Waals surface area contributed by atoms with E-state index in [0.717, 1.165) is 42.8 Å². The molecule has 0 aliphatic carbocycles. The maximum Gasteiger partial charge on any atom is 0.267 e. The highest BCUT2D eigenvalue weighted by atomic mass is 16.5. The van der Waals surface area contributed by atoms with Crippen LogP contribution in [0.1, 0.15) is 22.4 Å². The number of nitrogens with zero attached hydrogens (tertiary/aromatic N) is 2. The number of amides is 1. The monoisotopic (exact) mass is 415 g/mol. The maximum atomic E-state index is 11.1. The van der Waals surface area contributed by atoms with E-state index in [4.69, 9.17) is 5.21 Å². The Hall–Kier alpha value is -3.68. The van der Waals surface area contributed by atoms with E-state index in [-0.39, 0.29) is 0 Å². The molecule has 0 unspecified atom stereocenters. The van der Waals surface area contributed by atoms with Gasteiger partial charge in [-0.15, -0.1) is 0 Å². The van der Waals surface area contributed by atoms with Crippen LogP contribution in [0, 0.1) is 0 Å². The third kappa shape index (κ3) is 5.48. The van der Waals surface area contributed by atoms with Crippen LogP contribution in [0.4, 0.5) is 0 Å². The van der Waals surface area contributed by atoms with Crippen molar-refractivity contribution < 1.29 is 10.0 Å². The summed E-state index contributed by atoms with van der Waals surface area (Å²) in [5.74, 6) is -0.549. The number of aromatic amines is 2. The summed E-state index contributed by atoms with van der Waals surface area (Å²) in [4.78, 5) is 24.2. The number of carbonyl (C=O) groups is 1. The normalized spacial score (nSPS) is 11.5. The molecule has 0 aliphatic rings. The van der Waals surface area contributed by atoms with Crippen LogP contribution in [-0.2, 0) is 24.3 Å². The minimum atomic E-state index is -0.549. The summed E-state index contributed by atoms with van der Waals surface area (Å²) in [5.41, 5.74) is 7.22. The number of carbonyl (C=O) groups excluding carboxylic acids is 1. The predicted octanol–water partition coefficient (Wildman–Crippen LogP) is 3.65. The van der Waals surface area contributed by atoms with Gasteiger partial charge in [0.2, 0.25) is 0 Å². The molecular weight excluding hydrogens is 390 g/mol. The molecule has 0 spiro atoms. The Morgan fingerprint density at radius 2 is 1.94 bits per heavy atom. The summed E-state index contributed by atoms with van der Waals surface area (Å²) in [6, 6.07) is 16.4.